The second kappa shape index (κ2) is 4.23. The number of hydrogen-bond acceptors (Lipinski definition) is 6. The van der Waals surface area contributed by atoms with E-state index in [0.717, 1.165) is 5.69 Å². The number of carboxylic acid groups (broad SMARTS) is 1. The highest BCUT2D eigenvalue weighted by atomic mass is 16.5. The van der Waals surface area contributed by atoms with Gasteiger partial charge < -0.3 is 14.7 Å². The second-order valence-electron chi connectivity index (χ2n) is 4.13. The Labute approximate surface area is 108 Å². The Morgan fingerprint density at radius 2 is 2.26 bits per heavy atom. The molecule has 3 rings (SSSR count). The third-order valence-corrected chi connectivity index (χ3v) is 2.89. The molecule has 1 aliphatic rings. The molecule has 8 heteroatoms. The molecule has 19 heavy (non-hydrogen) atoms. The lowest BCUT2D eigenvalue weighted by Crippen LogP contribution is -2.43. The van der Waals surface area contributed by atoms with E-state index in [1.54, 1.807) is 24.1 Å². The van der Waals surface area contributed by atoms with Crippen molar-refractivity contribution in [2.75, 3.05) is 11.4 Å². The predicted molar refractivity (Wildman–Crippen MR) is 64.3 cm³/mol. The number of anilines is 2. The Bertz CT molecular complexity index is 626. The average Bonchev–Trinajstić information content (AvgIpc) is 2.83. The summed E-state index contributed by atoms with van der Waals surface area (Å²) in [5.74, 6) is -0.0409. The van der Waals surface area contributed by atoms with Gasteiger partial charge in [0.15, 0.2) is 0 Å². The van der Waals surface area contributed by atoms with Crippen LogP contribution in [0.4, 0.5) is 11.6 Å². The van der Waals surface area contributed by atoms with E-state index in [-0.39, 0.29) is 6.54 Å². The number of ether oxygens (including phenoxy) is 1. The third-order valence-electron chi connectivity index (χ3n) is 2.89. The zero-order valence-corrected chi connectivity index (χ0v) is 10.1. The first-order valence-electron chi connectivity index (χ1n) is 5.65. The van der Waals surface area contributed by atoms with Crippen LogP contribution in [-0.4, -0.2) is 43.9 Å². The number of aliphatic carboxylic acids is 1. The van der Waals surface area contributed by atoms with Gasteiger partial charge in [-0.05, 0) is 22.6 Å². The lowest BCUT2D eigenvalue weighted by Gasteiger charge is -2.32. The summed E-state index contributed by atoms with van der Waals surface area (Å²) in [6, 6.07) is 7.19. The van der Waals surface area contributed by atoms with Crippen LogP contribution in [0.15, 0.2) is 24.3 Å². The Morgan fingerprint density at radius 3 is 2.95 bits per heavy atom. The van der Waals surface area contributed by atoms with Crippen LogP contribution < -0.4 is 9.64 Å². The average molecular weight is 261 g/mol. The van der Waals surface area contributed by atoms with Gasteiger partial charge in [-0.1, -0.05) is 17.2 Å². The Balaban J connectivity index is 2.08. The Kier molecular flexibility index (Phi) is 2.55. The number of nitrogens with zero attached hydrogens (tertiary/aromatic N) is 5. The SMILES string of the molecule is Cn1nnnc1N1CC(C(=O)O)Oc2ccccc21. The minimum absolute atomic E-state index is 0.153. The minimum Gasteiger partial charge on any atom is -0.478 e. The fraction of sp³-hybridized carbons (Fsp3) is 0.273. The molecule has 98 valence electrons. The molecule has 2 heterocycles. The van der Waals surface area contributed by atoms with E-state index in [1.165, 1.54) is 4.68 Å². The highest BCUT2D eigenvalue weighted by Crippen LogP contribution is 2.36. The van der Waals surface area contributed by atoms with E-state index in [4.69, 9.17) is 9.84 Å². The van der Waals surface area contributed by atoms with Gasteiger partial charge in [0.2, 0.25) is 12.1 Å². The summed E-state index contributed by atoms with van der Waals surface area (Å²) in [7, 11) is 1.70. The molecule has 1 unspecified atom stereocenters. The molecular formula is C11H11N5O3. The standard InChI is InChI=1S/C11H11N5O3/c1-15-11(12-13-14-15)16-6-9(10(17)18)19-8-5-3-2-4-7(8)16/h2-5,9H,6H2,1H3,(H,17,18). The summed E-state index contributed by atoms with van der Waals surface area (Å²) in [4.78, 5) is 12.9. The predicted octanol–water partition coefficient (Wildman–Crippen LogP) is 0.194. The molecule has 0 amide bonds. The van der Waals surface area contributed by atoms with Crippen molar-refractivity contribution < 1.29 is 14.6 Å². The molecule has 0 radical (unpaired) electrons. The zero-order valence-electron chi connectivity index (χ0n) is 10.1. The number of hydrogen-bond donors (Lipinski definition) is 1. The van der Waals surface area contributed by atoms with E-state index in [2.05, 4.69) is 15.5 Å². The number of carboxylic acids is 1. The van der Waals surface area contributed by atoms with Crippen LogP contribution in [0.25, 0.3) is 0 Å². The number of fused-ring (bicyclic) bond motifs is 1. The van der Waals surface area contributed by atoms with Crippen LogP contribution in [0, 0.1) is 0 Å². The smallest absolute Gasteiger partial charge is 0.346 e. The van der Waals surface area contributed by atoms with Gasteiger partial charge in [0.1, 0.15) is 5.75 Å². The summed E-state index contributed by atoms with van der Waals surface area (Å²) in [6.45, 7) is 0.153. The van der Waals surface area contributed by atoms with Crippen LogP contribution in [0.1, 0.15) is 0 Å². The molecule has 2 aromatic rings. The number of benzene rings is 1. The highest BCUT2D eigenvalue weighted by Gasteiger charge is 2.33. The fourth-order valence-corrected chi connectivity index (χ4v) is 2.01. The molecule has 1 N–H and O–H groups in total. The summed E-state index contributed by atoms with van der Waals surface area (Å²) in [6.07, 6.45) is -0.952. The Morgan fingerprint density at radius 1 is 1.47 bits per heavy atom. The largest absolute Gasteiger partial charge is 0.478 e. The fourth-order valence-electron chi connectivity index (χ4n) is 2.01. The van der Waals surface area contributed by atoms with Crippen molar-refractivity contribution in [1.82, 2.24) is 20.2 Å². The molecule has 0 fully saturated rings. The van der Waals surface area contributed by atoms with Gasteiger partial charge in [0.05, 0.1) is 12.2 Å². The van der Waals surface area contributed by atoms with E-state index in [9.17, 15) is 4.79 Å². The first-order chi connectivity index (χ1) is 9.16. The van der Waals surface area contributed by atoms with E-state index < -0.39 is 12.1 Å². The van der Waals surface area contributed by atoms with Crippen molar-refractivity contribution in [2.24, 2.45) is 7.05 Å². The number of tetrazole rings is 1. The molecule has 1 atom stereocenters. The van der Waals surface area contributed by atoms with E-state index in [1.807, 2.05) is 12.1 Å². The Hall–Kier alpha value is -2.64. The molecule has 0 saturated heterocycles. The summed E-state index contributed by atoms with van der Waals surface area (Å²) in [5, 5.41) is 20.4. The van der Waals surface area contributed by atoms with Gasteiger partial charge in [0.25, 0.3) is 0 Å². The number of para-hydroxylation sites is 2. The molecule has 0 spiro atoms. The first kappa shape index (κ1) is 11.5. The lowest BCUT2D eigenvalue weighted by molar-refractivity contribution is -0.144. The molecule has 0 bridgehead atoms. The van der Waals surface area contributed by atoms with Gasteiger partial charge in [-0.2, -0.15) is 0 Å². The summed E-state index contributed by atoms with van der Waals surface area (Å²) >= 11 is 0. The van der Waals surface area contributed by atoms with Crippen molar-refractivity contribution in [3.63, 3.8) is 0 Å². The summed E-state index contributed by atoms with van der Waals surface area (Å²) in [5.41, 5.74) is 0.748. The topological polar surface area (TPSA) is 93.4 Å². The van der Waals surface area contributed by atoms with Crippen molar-refractivity contribution in [1.29, 1.82) is 0 Å². The van der Waals surface area contributed by atoms with Crippen molar-refractivity contribution >= 4 is 17.6 Å². The third kappa shape index (κ3) is 1.86. The van der Waals surface area contributed by atoms with E-state index >= 15 is 0 Å². The number of aryl methyl sites for hydroxylation is 1. The van der Waals surface area contributed by atoms with Crippen molar-refractivity contribution in [3.8, 4) is 5.75 Å². The zero-order chi connectivity index (χ0) is 13.4. The molecule has 0 aliphatic carbocycles. The van der Waals surface area contributed by atoms with Crippen LogP contribution in [0.2, 0.25) is 0 Å². The highest BCUT2D eigenvalue weighted by molar-refractivity contribution is 5.78. The van der Waals surface area contributed by atoms with Crippen molar-refractivity contribution in [3.05, 3.63) is 24.3 Å². The van der Waals surface area contributed by atoms with Gasteiger partial charge in [-0.3, -0.25) is 0 Å². The van der Waals surface area contributed by atoms with Crippen LogP contribution >= 0.6 is 0 Å². The number of rotatable bonds is 2. The maximum Gasteiger partial charge on any atom is 0.346 e. The maximum absolute atomic E-state index is 11.2. The van der Waals surface area contributed by atoms with Gasteiger partial charge in [-0.25, -0.2) is 9.48 Å². The number of carbonyl (C=O) groups is 1. The van der Waals surface area contributed by atoms with E-state index in [0.29, 0.717) is 11.7 Å². The summed E-state index contributed by atoms with van der Waals surface area (Å²) < 4.78 is 6.93. The lowest BCUT2D eigenvalue weighted by atomic mass is 10.2. The quantitative estimate of drug-likeness (QED) is 0.824. The first-order valence-corrected chi connectivity index (χ1v) is 5.65. The second-order valence-corrected chi connectivity index (χ2v) is 4.13. The van der Waals surface area contributed by atoms with Crippen LogP contribution in [-0.2, 0) is 11.8 Å². The normalized spacial score (nSPS) is 17.7. The molecule has 8 nitrogen and oxygen atoms in total. The van der Waals surface area contributed by atoms with Crippen LogP contribution in [0.5, 0.6) is 5.75 Å². The molecule has 1 aliphatic heterocycles. The van der Waals surface area contributed by atoms with Gasteiger partial charge in [-0.15, -0.1) is 0 Å². The molecule has 1 aromatic carbocycles. The molecular weight excluding hydrogens is 250 g/mol. The number of aromatic nitrogens is 4. The molecule has 0 saturated carbocycles. The van der Waals surface area contributed by atoms with Crippen molar-refractivity contribution in [2.45, 2.75) is 6.10 Å². The monoisotopic (exact) mass is 261 g/mol. The maximum atomic E-state index is 11.2. The minimum atomic E-state index is -1.02. The van der Waals surface area contributed by atoms with Gasteiger partial charge >= 0.3 is 5.97 Å². The molecule has 1 aromatic heterocycles. The van der Waals surface area contributed by atoms with Gasteiger partial charge in [0, 0.05) is 7.05 Å². The van der Waals surface area contributed by atoms with Crippen LogP contribution in [0.3, 0.4) is 0 Å².